The molecule has 3 aromatic heterocycles. The van der Waals surface area contributed by atoms with Gasteiger partial charge in [0.05, 0.1) is 25.6 Å². The van der Waals surface area contributed by atoms with Crippen LogP contribution in [0, 0.1) is 0 Å². The molecule has 1 N–H and O–H groups in total. The zero-order valence-electron chi connectivity index (χ0n) is 19.0. The van der Waals surface area contributed by atoms with E-state index in [-0.39, 0.29) is 18.0 Å². The summed E-state index contributed by atoms with van der Waals surface area (Å²) < 4.78 is 13.8. The lowest BCUT2D eigenvalue weighted by atomic mass is 10.1. The van der Waals surface area contributed by atoms with Crippen molar-refractivity contribution in [3.05, 3.63) is 82.7 Å². The number of ether oxygens (including phenoxy) is 2. The third-order valence-corrected chi connectivity index (χ3v) is 6.17. The molecule has 0 aliphatic rings. The number of carbonyl (C=O) groups is 1. The van der Waals surface area contributed by atoms with Gasteiger partial charge in [0.2, 0.25) is 5.91 Å². The van der Waals surface area contributed by atoms with E-state index in [1.165, 1.54) is 6.07 Å². The van der Waals surface area contributed by atoms with Crippen molar-refractivity contribution in [2.24, 2.45) is 0 Å². The predicted molar refractivity (Wildman–Crippen MR) is 134 cm³/mol. The molecule has 10 heteroatoms. The van der Waals surface area contributed by atoms with Gasteiger partial charge in [-0.1, -0.05) is 12.1 Å². The van der Waals surface area contributed by atoms with Gasteiger partial charge in [0.15, 0.2) is 4.96 Å². The molecule has 0 saturated carbocycles. The summed E-state index contributed by atoms with van der Waals surface area (Å²) in [5, 5.41) is 9.17. The summed E-state index contributed by atoms with van der Waals surface area (Å²) in [4.78, 5) is 30.6. The molecule has 5 aromatic rings. The Labute approximate surface area is 204 Å². The summed E-state index contributed by atoms with van der Waals surface area (Å²) in [6.07, 6.45) is 3.92. The quantitative estimate of drug-likeness (QED) is 0.373. The molecular formula is C25H21N5O4S. The Morgan fingerprint density at radius 3 is 2.60 bits per heavy atom. The van der Waals surface area contributed by atoms with Gasteiger partial charge in [-0.25, -0.2) is 9.67 Å². The predicted octanol–water partition coefficient (Wildman–Crippen LogP) is 3.94. The molecule has 3 heterocycles. The number of nitrogens with one attached hydrogen (secondary N) is 1. The number of aromatic nitrogens is 4. The average Bonchev–Trinajstić information content (AvgIpc) is 3.48. The van der Waals surface area contributed by atoms with E-state index in [1.807, 2.05) is 34.3 Å². The lowest BCUT2D eigenvalue weighted by Gasteiger charge is -2.12. The molecule has 0 saturated heterocycles. The van der Waals surface area contributed by atoms with Crippen LogP contribution in [-0.2, 0) is 11.3 Å². The summed E-state index contributed by atoms with van der Waals surface area (Å²) in [5.41, 5.74) is 3.15. The van der Waals surface area contributed by atoms with Crippen molar-refractivity contribution in [2.75, 3.05) is 19.5 Å². The molecule has 1 amide bonds. The van der Waals surface area contributed by atoms with Crippen LogP contribution in [0.4, 0.5) is 5.69 Å². The first-order chi connectivity index (χ1) is 17.0. The van der Waals surface area contributed by atoms with Crippen LogP contribution < -0.4 is 20.3 Å². The van der Waals surface area contributed by atoms with Crippen molar-refractivity contribution >= 4 is 27.9 Å². The first-order valence-corrected chi connectivity index (χ1v) is 11.5. The molecule has 0 atom stereocenters. The Morgan fingerprint density at radius 1 is 1.03 bits per heavy atom. The zero-order chi connectivity index (χ0) is 24.4. The Morgan fingerprint density at radius 2 is 1.86 bits per heavy atom. The molecule has 0 bridgehead atoms. The number of benzene rings is 2. The van der Waals surface area contributed by atoms with Crippen LogP contribution in [0.2, 0.25) is 0 Å². The van der Waals surface area contributed by atoms with Gasteiger partial charge in [0.25, 0.3) is 5.56 Å². The van der Waals surface area contributed by atoms with E-state index in [0.717, 1.165) is 20.9 Å². The number of anilines is 1. The monoisotopic (exact) mass is 487 g/mol. The van der Waals surface area contributed by atoms with E-state index in [1.54, 1.807) is 62.0 Å². The first kappa shape index (κ1) is 22.4. The highest BCUT2D eigenvalue weighted by atomic mass is 32.1. The lowest BCUT2D eigenvalue weighted by molar-refractivity contribution is -0.117. The molecule has 5 rings (SSSR count). The van der Waals surface area contributed by atoms with E-state index in [0.29, 0.717) is 28.4 Å². The lowest BCUT2D eigenvalue weighted by Crippen LogP contribution is -2.29. The maximum atomic E-state index is 12.7. The van der Waals surface area contributed by atoms with Crippen LogP contribution in [-0.4, -0.2) is 39.3 Å². The number of imidazole rings is 1. The number of hydrogen-bond acceptors (Lipinski definition) is 7. The van der Waals surface area contributed by atoms with Gasteiger partial charge in [-0.3, -0.25) is 14.0 Å². The van der Waals surface area contributed by atoms with Crippen LogP contribution in [0.1, 0.15) is 0 Å². The number of hydrogen-bond donors (Lipinski definition) is 1. The van der Waals surface area contributed by atoms with E-state index in [2.05, 4.69) is 15.4 Å². The Balaban J connectivity index is 1.32. The van der Waals surface area contributed by atoms with Crippen molar-refractivity contribution in [2.45, 2.75) is 6.54 Å². The molecule has 0 unspecified atom stereocenters. The number of nitrogens with zero attached hydrogens (tertiary/aromatic N) is 4. The van der Waals surface area contributed by atoms with Crippen molar-refractivity contribution in [3.63, 3.8) is 0 Å². The van der Waals surface area contributed by atoms with Crippen LogP contribution in [0.5, 0.6) is 11.5 Å². The number of rotatable bonds is 7. The Bertz CT molecular complexity index is 1540. The molecule has 9 nitrogen and oxygen atoms in total. The number of thiazole rings is 1. The highest BCUT2D eigenvalue weighted by molar-refractivity contribution is 7.15. The minimum Gasteiger partial charge on any atom is -0.497 e. The molecule has 0 aliphatic heterocycles. The van der Waals surface area contributed by atoms with Crippen LogP contribution in [0.3, 0.4) is 0 Å². The van der Waals surface area contributed by atoms with Gasteiger partial charge in [0.1, 0.15) is 18.0 Å². The summed E-state index contributed by atoms with van der Waals surface area (Å²) in [7, 11) is 3.12. The van der Waals surface area contributed by atoms with Crippen molar-refractivity contribution in [3.8, 4) is 34.0 Å². The van der Waals surface area contributed by atoms with Gasteiger partial charge in [-0.15, -0.1) is 11.3 Å². The number of carbonyl (C=O) groups excluding carboxylic acids is 1. The topological polar surface area (TPSA) is 99.8 Å². The fourth-order valence-electron chi connectivity index (χ4n) is 3.65. The largest absolute Gasteiger partial charge is 0.497 e. The van der Waals surface area contributed by atoms with Crippen molar-refractivity contribution < 1.29 is 14.3 Å². The van der Waals surface area contributed by atoms with Crippen LogP contribution in [0.15, 0.2) is 77.2 Å². The Hall–Kier alpha value is -4.44. The maximum Gasteiger partial charge on any atom is 0.267 e. The van der Waals surface area contributed by atoms with Gasteiger partial charge < -0.3 is 14.8 Å². The average molecular weight is 488 g/mol. The molecule has 176 valence electrons. The standard InChI is InChI=1S/C25H21N5O4S/c1-33-18-7-9-22(34-2)19(13-18)20-8-10-24(32)30(28-20)15-23(31)26-17-5-3-16(4-6-17)21-14-29-11-12-35-25(29)27-21/h3-14H,15H2,1-2H3,(H,26,31). The SMILES string of the molecule is COc1ccc(OC)c(-c2ccc(=O)n(CC(=O)Nc3ccc(-c4cn5ccsc5n4)cc3)n2)c1. The van der Waals surface area contributed by atoms with E-state index < -0.39 is 0 Å². The highest BCUT2D eigenvalue weighted by Gasteiger charge is 2.13. The number of fused-ring (bicyclic) bond motifs is 1. The smallest absolute Gasteiger partial charge is 0.267 e. The summed E-state index contributed by atoms with van der Waals surface area (Å²) in [6.45, 7) is -0.238. The zero-order valence-corrected chi connectivity index (χ0v) is 19.8. The fraction of sp³-hybridized carbons (Fsp3) is 0.120. The third kappa shape index (κ3) is 4.64. The summed E-state index contributed by atoms with van der Waals surface area (Å²) in [6, 6.07) is 15.6. The van der Waals surface area contributed by atoms with Crippen LogP contribution in [0.25, 0.3) is 27.5 Å². The minimum absolute atomic E-state index is 0.238. The normalized spacial score (nSPS) is 10.9. The molecule has 0 fully saturated rings. The summed E-state index contributed by atoms with van der Waals surface area (Å²) >= 11 is 1.57. The fourth-order valence-corrected chi connectivity index (χ4v) is 4.35. The molecule has 0 aliphatic carbocycles. The summed E-state index contributed by atoms with van der Waals surface area (Å²) in [5.74, 6) is 0.826. The van der Waals surface area contributed by atoms with Crippen molar-refractivity contribution in [1.82, 2.24) is 19.2 Å². The molecule has 2 aromatic carbocycles. The number of amides is 1. The van der Waals surface area contributed by atoms with Crippen LogP contribution >= 0.6 is 11.3 Å². The van der Waals surface area contributed by atoms with Gasteiger partial charge >= 0.3 is 0 Å². The minimum atomic E-state index is -0.388. The second-order valence-electron chi connectivity index (χ2n) is 7.63. The molecule has 0 spiro atoms. The van der Waals surface area contributed by atoms with Crippen molar-refractivity contribution in [1.29, 1.82) is 0 Å². The van der Waals surface area contributed by atoms with E-state index in [4.69, 9.17) is 9.47 Å². The van der Waals surface area contributed by atoms with Gasteiger partial charge in [0, 0.05) is 40.7 Å². The Kier molecular flexibility index (Phi) is 6.02. The highest BCUT2D eigenvalue weighted by Crippen LogP contribution is 2.31. The van der Waals surface area contributed by atoms with E-state index in [9.17, 15) is 9.59 Å². The first-order valence-electron chi connectivity index (χ1n) is 10.7. The van der Waals surface area contributed by atoms with Gasteiger partial charge in [-0.2, -0.15) is 5.10 Å². The number of methoxy groups -OCH3 is 2. The van der Waals surface area contributed by atoms with E-state index >= 15 is 0 Å². The maximum absolute atomic E-state index is 12.7. The molecule has 0 radical (unpaired) electrons. The molecule has 35 heavy (non-hydrogen) atoms. The molecular weight excluding hydrogens is 466 g/mol. The second-order valence-corrected chi connectivity index (χ2v) is 8.50. The third-order valence-electron chi connectivity index (χ3n) is 5.40. The second kappa shape index (κ2) is 9.43. The van der Waals surface area contributed by atoms with Gasteiger partial charge in [-0.05, 0) is 36.4 Å².